The van der Waals surface area contributed by atoms with E-state index in [1.165, 1.54) is 27.1 Å². The van der Waals surface area contributed by atoms with Gasteiger partial charge in [0.1, 0.15) is 0 Å². The molecular weight excluding hydrogens is 292 g/mol. The Bertz CT molecular complexity index is 1030. The lowest BCUT2D eigenvalue weighted by Crippen LogP contribution is -2.01. The summed E-state index contributed by atoms with van der Waals surface area (Å²) in [6.45, 7) is 2.99. The van der Waals surface area contributed by atoms with Crippen molar-refractivity contribution in [2.45, 2.75) is 6.92 Å². The molecule has 0 saturated heterocycles. The summed E-state index contributed by atoms with van der Waals surface area (Å²) in [5.41, 5.74) is 10.7. The van der Waals surface area contributed by atoms with Crippen molar-refractivity contribution in [2.24, 2.45) is 0 Å². The van der Waals surface area contributed by atoms with Crippen LogP contribution in [0.25, 0.3) is 32.7 Å². The number of fused-ring (bicyclic) bond motifs is 2. The first-order valence-electron chi connectivity index (χ1n) is 8.33. The molecule has 4 aromatic rings. The van der Waals surface area contributed by atoms with Crippen molar-refractivity contribution in [2.75, 3.05) is 17.6 Å². The van der Waals surface area contributed by atoms with E-state index in [4.69, 9.17) is 5.73 Å². The van der Waals surface area contributed by atoms with Gasteiger partial charge in [-0.25, -0.2) is 0 Å². The molecule has 0 heterocycles. The highest BCUT2D eigenvalue weighted by atomic mass is 14.9. The highest BCUT2D eigenvalue weighted by Crippen LogP contribution is 2.42. The minimum atomic E-state index is 0.809. The highest BCUT2D eigenvalue weighted by molar-refractivity contribution is 6.13. The number of nitrogen functional groups attached to an aromatic ring is 1. The zero-order valence-electron chi connectivity index (χ0n) is 13.7. The summed E-state index contributed by atoms with van der Waals surface area (Å²) in [4.78, 5) is 0. The molecule has 0 aliphatic heterocycles. The highest BCUT2D eigenvalue weighted by Gasteiger charge is 2.15. The van der Waals surface area contributed by atoms with E-state index in [0.717, 1.165) is 23.5 Å². The van der Waals surface area contributed by atoms with Crippen LogP contribution in [0.1, 0.15) is 6.92 Å². The molecule has 0 atom stereocenters. The van der Waals surface area contributed by atoms with Crippen LogP contribution in [0.4, 0.5) is 11.4 Å². The van der Waals surface area contributed by atoms with Gasteiger partial charge in [0.15, 0.2) is 0 Å². The second-order valence-electron chi connectivity index (χ2n) is 5.99. The molecule has 4 aromatic carbocycles. The van der Waals surface area contributed by atoms with Crippen LogP contribution in [0.5, 0.6) is 0 Å². The summed E-state index contributed by atoms with van der Waals surface area (Å²) >= 11 is 0. The number of anilines is 2. The first kappa shape index (κ1) is 14.6. The lowest BCUT2D eigenvalue weighted by Gasteiger charge is -2.18. The smallest absolute Gasteiger partial charge is 0.0427 e. The molecule has 0 unspecified atom stereocenters. The van der Waals surface area contributed by atoms with Crippen molar-refractivity contribution < 1.29 is 0 Å². The van der Waals surface area contributed by atoms with E-state index in [0.29, 0.717) is 0 Å². The quantitative estimate of drug-likeness (QED) is 0.478. The molecule has 2 heteroatoms. The third-order valence-electron chi connectivity index (χ3n) is 4.51. The molecule has 0 aromatic heterocycles. The zero-order chi connectivity index (χ0) is 16.5. The summed E-state index contributed by atoms with van der Waals surface area (Å²) in [5, 5.41) is 8.34. The van der Waals surface area contributed by atoms with Crippen molar-refractivity contribution in [1.82, 2.24) is 0 Å². The van der Waals surface area contributed by atoms with Crippen LogP contribution < -0.4 is 11.1 Å². The van der Waals surface area contributed by atoms with Gasteiger partial charge in [0.2, 0.25) is 0 Å². The summed E-state index contributed by atoms with van der Waals surface area (Å²) in [5.74, 6) is 0. The fourth-order valence-corrected chi connectivity index (χ4v) is 3.45. The van der Waals surface area contributed by atoms with Crippen molar-refractivity contribution in [3.8, 4) is 11.1 Å². The molecule has 118 valence electrons. The van der Waals surface area contributed by atoms with Crippen LogP contribution in [0.3, 0.4) is 0 Å². The number of benzene rings is 4. The van der Waals surface area contributed by atoms with Crippen LogP contribution in [-0.4, -0.2) is 6.54 Å². The molecule has 0 aliphatic carbocycles. The van der Waals surface area contributed by atoms with E-state index in [1.807, 2.05) is 6.07 Å². The second kappa shape index (κ2) is 5.89. The first-order chi connectivity index (χ1) is 11.8. The molecule has 0 amide bonds. The molecule has 0 spiro atoms. The zero-order valence-corrected chi connectivity index (χ0v) is 13.7. The maximum atomic E-state index is 6.45. The molecule has 0 saturated carbocycles. The Morgan fingerprint density at radius 3 is 1.96 bits per heavy atom. The van der Waals surface area contributed by atoms with Crippen molar-refractivity contribution in [3.05, 3.63) is 72.8 Å². The van der Waals surface area contributed by atoms with Crippen molar-refractivity contribution >= 4 is 32.9 Å². The maximum Gasteiger partial charge on any atom is 0.0427 e. The van der Waals surface area contributed by atoms with Crippen LogP contribution in [0.15, 0.2) is 72.8 Å². The predicted octanol–water partition coefficient (Wildman–Crippen LogP) is 5.67. The summed E-state index contributed by atoms with van der Waals surface area (Å²) in [7, 11) is 0. The van der Waals surface area contributed by atoms with Gasteiger partial charge in [-0.2, -0.15) is 0 Å². The summed E-state index contributed by atoms with van der Waals surface area (Å²) in [6, 6.07) is 25.3. The largest absolute Gasteiger partial charge is 0.398 e. The molecule has 24 heavy (non-hydrogen) atoms. The van der Waals surface area contributed by atoms with E-state index < -0.39 is 0 Å². The third-order valence-corrected chi connectivity index (χ3v) is 4.51. The normalized spacial score (nSPS) is 11.0. The van der Waals surface area contributed by atoms with Crippen LogP contribution in [0, 0.1) is 0 Å². The molecule has 2 nitrogen and oxygen atoms in total. The predicted molar refractivity (Wildman–Crippen MR) is 105 cm³/mol. The van der Waals surface area contributed by atoms with Crippen LogP contribution in [-0.2, 0) is 0 Å². The average molecular weight is 312 g/mol. The SMILES string of the molecule is CCNc1ccc2ccccc2c1-c1c(N)ccc2ccccc12. The van der Waals surface area contributed by atoms with Gasteiger partial charge in [0.05, 0.1) is 0 Å². The first-order valence-corrected chi connectivity index (χ1v) is 8.33. The average Bonchev–Trinajstić information content (AvgIpc) is 2.62. The third kappa shape index (κ3) is 2.28. The van der Waals surface area contributed by atoms with Crippen LogP contribution >= 0.6 is 0 Å². The van der Waals surface area contributed by atoms with Gasteiger partial charge in [0.25, 0.3) is 0 Å². The minimum absolute atomic E-state index is 0.809. The number of rotatable bonds is 3. The molecule has 0 fully saturated rings. The maximum absolute atomic E-state index is 6.45. The number of nitrogens with two attached hydrogens (primary N) is 1. The van der Waals surface area contributed by atoms with E-state index in [2.05, 4.69) is 79.0 Å². The van der Waals surface area contributed by atoms with Gasteiger partial charge in [-0.1, -0.05) is 60.7 Å². The Balaban J connectivity index is 2.17. The fraction of sp³-hybridized carbons (Fsp3) is 0.0909. The molecular formula is C22H20N2. The second-order valence-corrected chi connectivity index (χ2v) is 5.99. The Kier molecular flexibility index (Phi) is 3.58. The number of nitrogens with one attached hydrogen (secondary N) is 1. The van der Waals surface area contributed by atoms with Gasteiger partial charge in [-0.15, -0.1) is 0 Å². The van der Waals surface area contributed by atoms with Crippen LogP contribution in [0.2, 0.25) is 0 Å². The topological polar surface area (TPSA) is 38.0 Å². The number of hydrogen-bond acceptors (Lipinski definition) is 2. The fourth-order valence-electron chi connectivity index (χ4n) is 3.45. The van der Waals surface area contributed by atoms with Gasteiger partial charge in [0, 0.05) is 29.0 Å². The van der Waals surface area contributed by atoms with Gasteiger partial charge >= 0.3 is 0 Å². The van der Waals surface area contributed by atoms with Gasteiger partial charge in [-0.05, 0) is 40.6 Å². The Hall–Kier alpha value is -3.00. The van der Waals surface area contributed by atoms with E-state index in [-0.39, 0.29) is 0 Å². The number of hydrogen-bond donors (Lipinski definition) is 2. The van der Waals surface area contributed by atoms with Gasteiger partial charge in [-0.3, -0.25) is 0 Å². The molecule has 0 bridgehead atoms. The van der Waals surface area contributed by atoms with Gasteiger partial charge < -0.3 is 11.1 Å². The minimum Gasteiger partial charge on any atom is -0.398 e. The molecule has 3 N–H and O–H groups in total. The lowest BCUT2D eigenvalue weighted by molar-refractivity contribution is 1.22. The molecule has 0 radical (unpaired) electrons. The van der Waals surface area contributed by atoms with E-state index >= 15 is 0 Å². The van der Waals surface area contributed by atoms with E-state index in [9.17, 15) is 0 Å². The Morgan fingerprint density at radius 1 is 0.708 bits per heavy atom. The van der Waals surface area contributed by atoms with Crippen molar-refractivity contribution in [3.63, 3.8) is 0 Å². The lowest BCUT2D eigenvalue weighted by atomic mass is 9.91. The van der Waals surface area contributed by atoms with E-state index in [1.54, 1.807) is 0 Å². The molecule has 4 rings (SSSR count). The summed E-state index contributed by atoms with van der Waals surface area (Å²) in [6.07, 6.45) is 0. The molecule has 0 aliphatic rings. The monoisotopic (exact) mass is 312 g/mol. The standard InChI is InChI=1S/C22H20N2/c1-2-24-20-14-12-16-8-4-6-10-18(16)22(20)21-17-9-5-3-7-15(17)11-13-19(21)23/h3-14,24H,2,23H2,1H3. The Labute approximate surface area is 141 Å². The Morgan fingerprint density at radius 2 is 1.29 bits per heavy atom. The van der Waals surface area contributed by atoms with Crippen molar-refractivity contribution in [1.29, 1.82) is 0 Å². The summed E-state index contributed by atoms with van der Waals surface area (Å²) < 4.78 is 0.